The highest BCUT2D eigenvalue weighted by atomic mass is 35.5. The first-order valence-electron chi connectivity index (χ1n) is 7.34. The fraction of sp³-hybridized carbons (Fsp3) is 0.312. The maximum Gasteiger partial charge on any atom is 0.241 e. The Morgan fingerprint density at radius 2 is 2.17 bits per heavy atom. The molecule has 1 unspecified atom stereocenters. The monoisotopic (exact) mass is 334 g/mol. The van der Waals surface area contributed by atoms with E-state index in [9.17, 15) is 4.79 Å². The highest BCUT2D eigenvalue weighted by Gasteiger charge is 2.17. The number of carbonyl (C=O) groups excluding carboxylic acids is 1. The van der Waals surface area contributed by atoms with Crippen molar-refractivity contribution in [1.82, 2.24) is 20.8 Å². The minimum absolute atomic E-state index is 0. The normalized spacial score (nSPS) is 16.1. The lowest BCUT2D eigenvalue weighted by molar-refractivity contribution is -0.121. The second-order valence-corrected chi connectivity index (χ2v) is 5.12. The van der Waals surface area contributed by atoms with Crippen molar-refractivity contribution < 1.29 is 9.32 Å². The average molecular weight is 335 g/mol. The standard InChI is InChI=1S/C16H18N4O2.ClH/c21-16(13-7-4-9-17-13)18-10-8-15-19-14(20-22-15)11-12-5-2-1-3-6-12;/h1-7,13,17H,8-11H2,(H,18,21);1H. The van der Waals surface area contributed by atoms with Crippen LogP contribution in [0.3, 0.4) is 0 Å². The fourth-order valence-corrected chi connectivity index (χ4v) is 2.29. The van der Waals surface area contributed by atoms with Crippen molar-refractivity contribution in [1.29, 1.82) is 0 Å². The number of nitrogens with zero attached hydrogens (tertiary/aromatic N) is 2. The predicted octanol–water partition coefficient (Wildman–Crippen LogP) is 1.27. The van der Waals surface area contributed by atoms with E-state index in [0.29, 0.717) is 31.1 Å². The molecule has 1 aromatic heterocycles. The number of halogens is 1. The van der Waals surface area contributed by atoms with Gasteiger partial charge < -0.3 is 9.84 Å². The van der Waals surface area contributed by atoms with Gasteiger partial charge in [-0.05, 0) is 5.56 Å². The van der Waals surface area contributed by atoms with Crippen LogP contribution in [0.4, 0.5) is 0 Å². The summed E-state index contributed by atoms with van der Waals surface area (Å²) in [4.78, 5) is 16.1. The van der Waals surface area contributed by atoms with Crippen molar-refractivity contribution in [3.63, 3.8) is 0 Å². The molecule has 1 aromatic carbocycles. The topological polar surface area (TPSA) is 80.1 Å². The summed E-state index contributed by atoms with van der Waals surface area (Å²) in [5, 5.41) is 9.88. The first-order valence-corrected chi connectivity index (χ1v) is 7.34. The summed E-state index contributed by atoms with van der Waals surface area (Å²) < 4.78 is 5.20. The Bertz CT molecular complexity index is 657. The van der Waals surface area contributed by atoms with Crippen molar-refractivity contribution in [3.8, 4) is 0 Å². The molecule has 1 atom stereocenters. The molecule has 1 amide bonds. The zero-order chi connectivity index (χ0) is 15.2. The van der Waals surface area contributed by atoms with Crippen LogP contribution >= 0.6 is 12.4 Å². The van der Waals surface area contributed by atoms with E-state index in [1.807, 2.05) is 42.5 Å². The number of rotatable bonds is 6. The molecule has 1 aliphatic heterocycles. The number of hydrogen-bond donors (Lipinski definition) is 2. The molecule has 2 aromatic rings. The fourth-order valence-electron chi connectivity index (χ4n) is 2.29. The van der Waals surface area contributed by atoms with E-state index >= 15 is 0 Å². The van der Waals surface area contributed by atoms with Crippen molar-refractivity contribution in [2.75, 3.05) is 13.1 Å². The molecule has 0 spiro atoms. The molecule has 2 heterocycles. The molecule has 0 radical (unpaired) electrons. The SMILES string of the molecule is Cl.O=C(NCCc1nc(Cc2ccccc2)no1)C1C=CCN1. The van der Waals surface area contributed by atoms with E-state index in [1.165, 1.54) is 0 Å². The molecular formula is C16H19ClN4O2. The van der Waals surface area contributed by atoms with Gasteiger partial charge in [-0.15, -0.1) is 12.4 Å². The predicted molar refractivity (Wildman–Crippen MR) is 88.4 cm³/mol. The van der Waals surface area contributed by atoms with Gasteiger partial charge in [0.2, 0.25) is 11.8 Å². The third-order valence-corrected chi connectivity index (χ3v) is 3.42. The highest BCUT2D eigenvalue weighted by molar-refractivity contribution is 5.85. The molecule has 6 nitrogen and oxygen atoms in total. The quantitative estimate of drug-likeness (QED) is 0.778. The first-order chi connectivity index (χ1) is 10.8. The number of nitrogens with one attached hydrogen (secondary N) is 2. The molecule has 0 bridgehead atoms. The van der Waals surface area contributed by atoms with Gasteiger partial charge in [-0.2, -0.15) is 4.98 Å². The van der Waals surface area contributed by atoms with Crippen LogP contribution in [0.2, 0.25) is 0 Å². The van der Waals surface area contributed by atoms with Gasteiger partial charge in [-0.25, -0.2) is 0 Å². The third kappa shape index (κ3) is 4.91. The van der Waals surface area contributed by atoms with E-state index in [2.05, 4.69) is 20.8 Å². The average Bonchev–Trinajstić information content (AvgIpc) is 3.20. The summed E-state index contributed by atoms with van der Waals surface area (Å²) in [5.41, 5.74) is 1.14. The molecule has 0 saturated heterocycles. The molecule has 0 fully saturated rings. The summed E-state index contributed by atoms with van der Waals surface area (Å²) in [6.45, 7) is 1.22. The van der Waals surface area contributed by atoms with Crippen LogP contribution in [0.1, 0.15) is 17.3 Å². The maximum absolute atomic E-state index is 11.8. The Morgan fingerprint density at radius 1 is 1.35 bits per heavy atom. The second kappa shape index (κ2) is 8.45. The number of carbonyl (C=O) groups is 1. The minimum Gasteiger partial charge on any atom is -0.354 e. The zero-order valence-electron chi connectivity index (χ0n) is 12.6. The van der Waals surface area contributed by atoms with E-state index in [1.54, 1.807) is 0 Å². The molecule has 2 N–H and O–H groups in total. The summed E-state index contributed by atoms with van der Waals surface area (Å²) in [5.74, 6) is 1.17. The molecule has 23 heavy (non-hydrogen) atoms. The lowest BCUT2D eigenvalue weighted by Gasteiger charge is -2.08. The molecule has 122 valence electrons. The van der Waals surface area contributed by atoms with Crippen LogP contribution in [0.25, 0.3) is 0 Å². The Balaban J connectivity index is 0.00000192. The van der Waals surface area contributed by atoms with Crippen LogP contribution in [0, 0.1) is 0 Å². The Kier molecular flexibility index (Phi) is 6.31. The number of hydrogen-bond acceptors (Lipinski definition) is 5. The molecule has 7 heteroatoms. The molecule has 1 aliphatic rings. The number of benzene rings is 1. The van der Waals surface area contributed by atoms with Gasteiger partial charge in [0.15, 0.2) is 5.82 Å². The Hall–Kier alpha value is -2.18. The zero-order valence-corrected chi connectivity index (χ0v) is 13.4. The smallest absolute Gasteiger partial charge is 0.241 e. The van der Waals surface area contributed by atoms with E-state index in [4.69, 9.17) is 4.52 Å². The summed E-state index contributed by atoms with van der Waals surface area (Å²) in [6, 6.07) is 9.77. The van der Waals surface area contributed by atoms with Gasteiger partial charge in [0.25, 0.3) is 0 Å². The lowest BCUT2D eigenvalue weighted by atomic mass is 10.1. The number of aromatic nitrogens is 2. The summed E-state index contributed by atoms with van der Waals surface area (Å²) >= 11 is 0. The third-order valence-electron chi connectivity index (χ3n) is 3.42. The van der Waals surface area contributed by atoms with Gasteiger partial charge in [0.1, 0.15) is 6.04 Å². The van der Waals surface area contributed by atoms with Crippen molar-refractivity contribution >= 4 is 18.3 Å². The van der Waals surface area contributed by atoms with E-state index < -0.39 is 0 Å². The van der Waals surface area contributed by atoms with Gasteiger partial charge in [0.05, 0.1) is 0 Å². The largest absolute Gasteiger partial charge is 0.354 e. The second-order valence-electron chi connectivity index (χ2n) is 5.12. The van der Waals surface area contributed by atoms with E-state index in [0.717, 1.165) is 12.1 Å². The molecule has 0 saturated carbocycles. The van der Waals surface area contributed by atoms with Crippen molar-refractivity contribution in [2.45, 2.75) is 18.9 Å². The van der Waals surface area contributed by atoms with Gasteiger partial charge >= 0.3 is 0 Å². The van der Waals surface area contributed by atoms with Gasteiger partial charge in [0, 0.05) is 25.9 Å². The summed E-state index contributed by atoms with van der Waals surface area (Å²) in [7, 11) is 0. The summed E-state index contributed by atoms with van der Waals surface area (Å²) in [6.07, 6.45) is 4.98. The number of amides is 1. The highest BCUT2D eigenvalue weighted by Crippen LogP contribution is 2.06. The maximum atomic E-state index is 11.8. The molecule has 3 rings (SSSR count). The van der Waals surface area contributed by atoms with Crippen LogP contribution in [0.15, 0.2) is 47.0 Å². The van der Waals surface area contributed by atoms with Crippen molar-refractivity contribution in [2.24, 2.45) is 0 Å². The van der Waals surface area contributed by atoms with Crippen LogP contribution < -0.4 is 10.6 Å². The first kappa shape index (κ1) is 17.2. The Morgan fingerprint density at radius 3 is 2.91 bits per heavy atom. The van der Waals surface area contributed by atoms with E-state index in [-0.39, 0.29) is 24.4 Å². The van der Waals surface area contributed by atoms with Crippen LogP contribution in [-0.4, -0.2) is 35.2 Å². The van der Waals surface area contributed by atoms with Gasteiger partial charge in [-0.1, -0.05) is 47.6 Å². The van der Waals surface area contributed by atoms with Crippen LogP contribution in [0.5, 0.6) is 0 Å². The molecule has 0 aliphatic carbocycles. The van der Waals surface area contributed by atoms with Crippen molar-refractivity contribution in [3.05, 3.63) is 59.8 Å². The Labute approximate surface area is 140 Å². The minimum atomic E-state index is -0.226. The lowest BCUT2D eigenvalue weighted by Crippen LogP contribution is -2.41. The van der Waals surface area contributed by atoms with Crippen LogP contribution in [-0.2, 0) is 17.6 Å². The molecular weight excluding hydrogens is 316 g/mol. The van der Waals surface area contributed by atoms with Gasteiger partial charge in [-0.3, -0.25) is 10.1 Å².